The first-order valence-corrected chi connectivity index (χ1v) is 3.32. The molecular formula is C7H6F2N2O2. The molecule has 0 saturated carbocycles. The molecule has 1 unspecified atom stereocenters. The lowest BCUT2D eigenvalue weighted by molar-refractivity contribution is -0.138. The van der Waals surface area contributed by atoms with Gasteiger partial charge in [-0.05, 0) is 17.7 Å². The van der Waals surface area contributed by atoms with Gasteiger partial charge < -0.3 is 10.8 Å². The van der Waals surface area contributed by atoms with Gasteiger partial charge in [-0.15, -0.1) is 0 Å². The molecule has 0 fully saturated rings. The summed E-state index contributed by atoms with van der Waals surface area (Å²) in [6.07, 6.45) is 0. The molecule has 1 aromatic rings. The first kappa shape index (κ1) is 9.53. The third-order valence-corrected chi connectivity index (χ3v) is 1.41. The van der Waals surface area contributed by atoms with Gasteiger partial charge in [-0.3, -0.25) is 4.79 Å². The third kappa shape index (κ3) is 2.19. The number of halogens is 2. The second-order valence-corrected chi connectivity index (χ2v) is 2.36. The van der Waals surface area contributed by atoms with E-state index in [0.29, 0.717) is 0 Å². The molecule has 0 amide bonds. The highest BCUT2D eigenvalue weighted by molar-refractivity contribution is 5.75. The molecule has 1 aromatic heterocycles. The van der Waals surface area contributed by atoms with E-state index in [1.807, 2.05) is 0 Å². The lowest BCUT2D eigenvalue weighted by atomic mass is 10.1. The van der Waals surface area contributed by atoms with E-state index in [1.54, 1.807) is 0 Å². The van der Waals surface area contributed by atoms with Crippen LogP contribution in [0.25, 0.3) is 0 Å². The minimum atomic E-state index is -1.44. The molecule has 3 N–H and O–H groups in total. The Labute approximate surface area is 72.0 Å². The summed E-state index contributed by atoms with van der Waals surface area (Å²) in [6, 6.07) is 0.121. The summed E-state index contributed by atoms with van der Waals surface area (Å²) < 4.78 is 24.9. The standard InChI is InChI=1S/C7H6F2N2O2/c8-4-1-3(2-5(9)11-4)6(10)7(12)13/h1-2,6H,10H2,(H,12,13). The minimum absolute atomic E-state index is 0.155. The molecule has 0 bridgehead atoms. The zero-order valence-electron chi connectivity index (χ0n) is 6.37. The second-order valence-electron chi connectivity index (χ2n) is 2.36. The lowest BCUT2D eigenvalue weighted by Crippen LogP contribution is -2.21. The van der Waals surface area contributed by atoms with Crippen LogP contribution in [0.4, 0.5) is 8.78 Å². The molecule has 1 heterocycles. The number of carboxylic acids is 1. The first-order valence-electron chi connectivity index (χ1n) is 3.32. The number of hydrogen-bond donors (Lipinski definition) is 2. The summed E-state index contributed by atoms with van der Waals surface area (Å²) >= 11 is 0. The number of aliphatic carboxylic acids is 1. The Bertz CT molecular complexity index is 323. The maximum atomic E-state index is 12.5. The van der Waals surface area contributed by atoms with Gasteiger partial charge in [0.2, 0.25) is 11.9 Å². The summed E-state index contributed by atoms with van der Waals surface area (Å²) in [5.41, 5.74) is 4.96. The molecular weight excluding hydrogens is 182 g/mol. The van der Waals surface area contributed by atoms with Gasteiger partial charge >= 0.3 is 5.97 Å². The fraction of sp³-hybridized carbons (Fsp3) is 0.143. The SMILES string of the molecule is NC(C(=O)O)c1cc(F)nc(F)c1. The Balaban J connectivity index is 3.07. The number of carboxylic acid groups (broad SMARTS) is 1. The van der Waals surface area contributed by atoms with Crippen LogP contribution in [-0.2, 0) is 4.79 Å². The predicted molar refractivity (Wildman–Crippen MR) is 38.7 cm³/mol. The van der Waals surface area contributed by atoms with Crippen molar-refractivity contribution in [1.82, 2.24) is 4.98 Å². The summed E-state index contributed by atoms with van der Waals surface area (Å²) in [7, 11) is 0. The van der Waals surface area contributed by atoms with Crippen LogP contribution in [0.3, 0.4) is 0 Å². The van der Waals surface area contributed by atoms with E-state index in [9.17, 15) is 13.6 Å². The molecule has 4 nitrogen and oxygen atoms in total. The van der Waals surface area contributed by atoms with E-state index in [0.717, 1.165) is 12.1 Å². The molecule has 0 aliphatic heterocycles. The van der Waals surface area contributed by atoms with Crippen molar-refractivity contribution in [2.24, 2.45) is 5.73 Å². The van der Waals surface area contributed by atoms with Gasteiger partial charge in [-0.2, -0.15) is 13.8 Å². The van der Waals surface area contributed by atoms with Crippen molar-refractivity contribution in [3.8, 4) is 0 Å². The van der Waals surface area contributed by atoms with Crippen molar-refractivity contribution < 1.29 is 18.7 Å². The smallest absolute Gasteiger partial charge is 0.325 e. The van der Waals surface area contributed by atoms with Crippen LogP contribution < -0.4 is 5.73 Å². The summed E-state index contributed by atoms with van der Waals surface area (Å²) in [6.45, 7) is 0. The van der Waals surface area contributed by atoms with Crippen LogP contribution in [0.2, 0.25) is 0 Å². The summed E-state index contributed by atoms with van der Waals surface area (Å²) in [4.78, 5) is 13.1. The number of nitrogens with zero attached hydrogens (tertiary/aromatic N) is 1. The van der Waals surface area contributed by atoms with E-state index < -0.39 is 23.9 Å². The number of rotatable bonds is 2. The largest absolute Gasteiger partial charge is 0.480 e. The fourth-order valence-corrected chi connectivity index (χ4v) is 0.805. The third-order valence-electron chi connectivity index (χ3n) is 1.41. The fourth-order valence-electron chi connectivity index (χ4n) is 0.805. The van der Waals surface area contributed by atoms with E-state index in [4.69, 9.17) is 10.8 Å². The normalized spacial score (nSPS) is 12.5. The van der Waals surface area contributed by atoms with Crippen molar-refractivity contribution in [3.63, 3.8) is 0 Å². The first-order chi connectivity index (χ1) is 6.00. The molecule has 1 rings (SSSR count). The Morgan fingerprint density at radius 3 is 2.31 bits per heavy atom. The molecule has 0 saturated heterocycles. The lowest BCUT2D eigenvalue weighted by Gasteiger charge is -2.05. The minimum Gasteiger partial charge on any atom is -0.480 e. The van der Waals surface area contributed by atoms with Gasteiger partial charge in [0.15, 0.2) is 0 Å². The predicted octanol–water partition coefficient (Wildman–Crippen LogP) is 0.444. The van der Waals surface area contributed by atoms with Crippen LogP contribution in [0, 0.1) is 11.9 Å². The van der Waals surface area contributed by atoms with Gasteiger partial charge in [0, 0.05) is 0 Å². The molecule has 0 spiro atoms. The van der Waals surface area contributed by atoms with Crippen molar-refractivity contribution in [2.75, 3.05) is 0 Å². The zero-order chi connectivity index (χ0) is 10.0. The highest BCUT2D eigenvalue weighted by Crippen LogP contribution is 2.11. The molecule has 13 heavy (non-hydrogen) atoms. The Morgan fingerprint density at radius 1 is 1.46 bits per heavy atom. The second kappa shape index (κ2) is 3.44. The van der Waals surface area contributed by atoms with Crippen molar-refractivity contribution >= 4 is 5.97 Å². The van der Waals surface area contributed by atoms with Gasteiger partial charge in [-0.1, -0.05) is 0 Å². The highest BCUT2D eigenvalue weighted by Gasteiger charge is 2.16. The Hall–Kier alpha value is -1.56. The van der Waals surface area contributed by atoms with Crippen LogP contribution in [0.1, 0.15) is 11.6 Å². The van der Waals surface area contributed by atoms with Crippen LogP contribution in [-0.4, -0.2) is 16.1 Å². The molecule has 1 atom stereocenters. The summed E-state index contributed by atoms with van der Waals surface area (Å²) in [5.74, 6) is -3.54. The average molecular weight is 188 g/mol. The van der Waals surface area contributed by atoms with Gasteiger partial charge in [0.05, 0.1) is 0 Å². The molecule has 0 aliphatic rings. The van der Waals surface area contributed by atoms with E-state index >= 15 is 0 Å². The van der Waals surface area contributed by atoms with Gasteiger partial charge in [0.1, 0.15) is 6.04 Å². The molecule has 70 valence electrons. The number of nitrogens with two attached hydrogens (primary N) is 1. The van der Waals surface area contributed by atoms with Gasteiger partial charge in [0.25, 0.3) is 0 Å². The highest BCUT2D eigenvalue weighted by atomic mass is 19.1. The van der Waals surface area contributed by atoms with Crippen LogP contribution in [0.5, 0.6) is 0 Å². The van der Waals surface area contributed by atoms with Gasteiger partial charge in [-0.25, -0.2) is 0 Å². The number of pyridine rings is 1. The molecule has 6 heteroatoms. The van der Waals surface area contributed by atoms with E-state index in [1.165, 1.54) is 0 Å². The maximum Gasteiger partial charge on any atom is 0.325 e. The zero-order valence-corrected chi connectivity index (χ0v) is 6.37. The number of aromatic nitrogens is 1. The number of hydrogen-bond acceptors (Lipinski definition) is 3. The monoisotopic (exact) mass is 188 g/mol. The molecule has 0 radical (unpaired) electrons. The maximum absolute atomic E-state index is 12.5. The average Bonchev–Trinajstić information content (AvgIpc) is 2.01. The van der Waals surface area contributed by atoms with E-state index in [2.05, 4.69) is 4.98 Å². The van der Waals surface area contributed by atoms with Crippen molar-refractivity contribution in [2.45, 2.75) is 6.04 Å². The molecule has 0 aliphatic carbocycles. The summed E-state index contributed by atoms with van der Waals surface area (Å²) in [5, 5.41) is 8.43. The van der Waals surface area contributed by atoms with Crippen LogP contribution >= 0.6 is 0 Å². The number of carbonyl (C=O) groups is 1. The van der Waals surface area contributed by atoms with Crippen molar-refractivity contribution in [1.29, 1.82) is 0 Å². The van der Waals surface area contributed by atoms with E-state index in [-0.39, 0.29) is 5.56 Å². The Morgan fingerprint density at radius 2 is 1.92 bits per heavy atom. The topological polar surface area (TPSA) is 76.2 Å². The van der Waals surface area contributed by atoms with Crippen LogP contribution in [0.15, 0.2) is 12.1 Å². The van der Waals surface area contributed by atoms with Crippen molar-refractivity contribution in [3.05, 3.63) is 29.6 Å². The molecule has 0 aromatic carbocycles. The quantitative estimate of drug-likeness (QED) is 0.660. The Kier molecular flexibility index (Phi) is 2.52.